The van der Waals surface area contributed by atoms with Crippen molar-refractivity contribution in [1.29, 1.82) is 0 Å². The molecular formula is C20H22FN3O6S. The lowest BCUT2D eigenvalue weighted by atomic mass is 10.1. The molecule has 0 atom stereocenters. The Morgan fingerprint density at radius 1 is 1.13 bits per heavy atom. The minimum absolute atomic E-state index is 0.0118. The van der Waals surface area contributed by atoms with Gasteiger partial charge in [0.15, 0.2) is 18.2 Å². The number of carbonyl (C=O) groups excluding carboxylic acids is 1. The highest BCUT2D eigenvalue weighted by atomic mass is 32.2. The average molecular weight is 451 g/mol. The maximum atomic E-state index is 13.5. The lowest BCUT2D eigenvalue weighted by Gasteiger charge is -2.08. The summed E-state index contributed by atoms with van der Waals surface area (Å²) in [5.74, 6) is -2.22. The summed E-state index contributed by atoms with van der Waals surface area (Å²) in [6.07, 6.45) is 0.0485. The number of aliphatic carboxylic acids is 1. The smallest absolute Gasteiger partial charge is 0.303 e. The van der Waals surface area contributed by atoms with Gasteiger partial charge in [-0.25, -0.2) is 23.0 Å². The van der Waals surface area contributed by atoms with Crippen LogP contribution in [0.5, 0.6) is 5.75 Å². The van der Waals surface area contributed by atoms with E-state index in [4.69, 9.17) is 9.84 Å². The van der Waals surface area contributed by atoms with E-state index in [9.17, 15) is 22.4 Å². The van der Waals surface area contributed by atoms with E-state index in [0.717, 1.165) is 0 Å². The topological polar surface area (TPSA) is 134 Å². The zero-order chi connectivity index (χ0) is 22.9. The molecule has 2 rings (SSSR count). The van der Waals surface area contributed by atoms with Gasteiger partial charge in [-0.1, -0.05) is 24.3 Å². The third kappa shape index (κ3) is 7.79. The third-order valence-corrected chi connectivity index (χ3v) is 5.46. The zero-order valence-electron chi connectivity index (χ0n) is 16.7. The Balaban J connectivity index is 1.89. The number of carboxylic acid groups (broad SMARTS) is 1. The normalized spacial score (nSPS) is 11.7. The molecule has 0 aliphatic carbocycles. The Kier molecular flexibility index (Phi) is 8.64. The van der Waals surface area contributed by atoms with Crippen molar-refractivity contribution in [3.05, 3.63) is 59.9 Å². The molecule has 166 valence electrons. The summed E-state index contributed by atoms with van der Waals surface area (Å²) in [7, 11) is -3.76. The van der Waals surface area contributed by atoms with E-state index < -0.39 is 34.3 Å². The molecule has 0 bridgehead atoms. The van der Waals surface area contributed by atoms with E-state index in [1.165, 1.54) is 42.5 Å². The first-order valence-electron chi connectivity index (χ1n) is 9.21. The standard InChI is InChI=1S/C20H22FN3O6S/c1-14(23-24-19(25)13-30-18-6-3-2-5-17(18)21)15-8-10-16(11-9-15)31(28,29)22-12-4-7-20(26)27/h2-3,5-6,8-11,22H,4,7,12-13H2,1H3,(H,24,25)(H,26,27)/b23-14+. The summed E-state index contributed by atoms with van der Waals surface area (Å²) in [6, 6.07) is 11.5. The molecule has 0 saturated carbocycles. The molecule has 0 heterocycles. The van der Waals surface area contributed by atoms with Gasteiger partial charge >= 0.3 is 5.97 Å². The van der Waals surface area contributed by atoms with Crippen molar-refractivity contribution in [2.75, 3.05) is 13.2 Å². The number of para-hydroxylation sites is 1. The Morgan fingerprint density at radius 2 is 1.81 bits per heavy atom. The first kappa shape index (κ1) is 24.0. The van der Waals surface area contributed by atoms with Gasteiger partial charge in [-0.05, 0) is 43.2 Å². The predicted octanol–water partition coefficient (Wildman–Crippen LogP) is 1.89. The van der Waals surface area contributed by atoms with Crippen LogP contribution in [-0.2, 0) is 19.6 Å². The van der Waals surface area contributed by atoms with Crippen molar-refractivity contribution in [3.8, 4) is 5.75 Å². The SMILES string of the molecule is C/C(=N\NC(=O)COc1ccccc1F)c1ccc(S(=O)(=O)NCCCC(=O)O)cc1. The van der Waals surface area contributed by atoms with Crippen LogP contribution in [0.1, 0.15) is 25.3 Å². The van der Waals surface area contributed by atoms with E-state index in [1.807, 2.05) is 0 Å². The second kappa shape index (κ2) is 11.2. The lowest BCUT2D eigenvalue weighted by molar-refractivity contribution is -0.137. The Morgan fingerprint density at radius 3 is 2.45 bits per heavy atom. The lowest BCUT2D eigenvalue weighted by Crippen LogP contribution is -2.26. The monoisotopic (exact) mass is 451 g/mol. The molecule has 0 radical (unpaired) electrons. The van der Waals surface area contributed by atoms with Crippen LogP contribution in [-0.4, -0.2) is 44.3 Å². The third-order valence-electron chi connectivity index (χ3n) is 3.99. The highest BCUT2D eigenvalue weighted by molar-refractivity contribution is 7.89. The fourth-order valence-electron chi connectivity index (χ4n) is 2.35. The van der Waals surface area contributed by atoms with Crippen molar-refractivity contribution in [2.45, 2.75) is 24.7 Å². The number of hydrogen-bond acceptors (Lipinski definition) is 6. The largest absolute Gasteiger partial charge is 0.481 e. The molecule has 2 aromatic carbocycles. The number of ether oxygens (including phenoxy) is 1. The van der Waals surface area contributed by atoms with Crippen LogP contribution in [0.3, 0.4) is 0 Å². The van der Waals surface area contributed by atoms with Crippen LogP contribution in [0, 0.1) is 5.82 Å². The Hall–Kier alpha value is -3.31. The minimum atomic E-state index is -3.76. The molecule has 3 N–H and O–H groups in total. The van der Waals surface area contributed by atoms with Gasteiger partial charge < -0.3 is 9.84 Å². The minimum Gasteiger partial charge on any atom is -0.481 e. The maximum Gasteiger partial charge on any atom is 0.303 e. The number of nitrogens with zero attached hydrogens (tertiary/aromatic N) is 1. The van der Waals surface area contributed by atoms with Crippen molar-refractivity contribution in [1.82, 2.24) is 10.1 Å². The molecule has 0 spiro atoms. The molecule has 0 aromatic heterocycles. The molecule has 31 heavy (non-hydrogen) atoms. The molecule has 0 saturated heterocycles. The number of hydrazone groups is 1. The Labute approximate surface area is 179 Å². The van der Waals surface area contributed by atoms with Crippen LogP contribution >= 0.6 is 0 Å². The van der Waals surface area contributed by atoms with Gasteiger partial charge in [0.05, 0.1) is 10.6 Å². The van der Waals surface area contributed by atoms with Crippen molar-refractivity contribution < 1.29 is 32.2 Å². The molecule has 11 heteroatoms. The molecule has 2 aromatic rings. The molecule has 0 unspecified atom stereocenters. The number of rotatable bonds is 11. The summed E-state index contributed by atoms with van der Waals surface area (Å²) in [5.41, 5.74) is 3.27. The van der Waals surface area contributed by atoms with E-state index in [2.05, 4.69) is 15.2 Å². The second-order valence-corrected chi connectivity index (χ2v) is 8.14. The van der Waals surface area contributed by atoms with Gasteiger partial charge in [0.2, 0.25) is 10.0 Å². The van der Waals surface area contributed by atoms with Crippen LogP contribution in [0.2, 0.25) is 0 Å². The van der Waals surface area contributed by atoms with Crippen molar-refractivity contribution >= 4 is 27.6 Å². The molecule has 0 fully saturated rings. The van der Waals surface area contributed by atoms with E-state index in [-0.39, 0.29) is 30.0 Å². The molecule has 0 aliphatic heterocycles. The number of carbonyl (C=O) groups is 2. The highest BCUT2D eigenvalue weighted by Crippen LogP contribution is 2.15. The number of benzene rings is 2. The van der Waals surface area contributed by atoms with Crippen LogP contribution in [0.25, 0.3) is 0 Å². The van der Waals surface area contributed by atoms with E-state index >= 15 is 0 Å². The van der Waals surface area contributed by atoms with Crippen LogP contribution in [0.15, 0.2) is 58.5 Å². The quantitative estimate of drug-likeness (QED) is 0.271. The first-order valence-corrected chi connectivity index (χ1v) is 10.7. The summed E-state index contributed by atoms with van der Waals surface area (Å²) >= 11 is 0. The summed E-state index contributed by atoms with van der Waals surface area (Å²) in [5, 5.41) is 12.5. The van der Waals surface area contributed by atoms with Gasteiger partial charge in [-0.15, -0.1) is 0 Å². The fraction of sp³-hybridized carbons (Fsp3) is 0.250. The Bertz CT molecular complexity index is 1050. The van der Waals surface area contributed by atoms with Crippen LogP contribution in [0.4, 0.5) is 4.39 Å². The van der Waals surface area contributed by atoms with E-state index in [0.29, 0.717) is 11.3 Å². The van der Waals surface area contributed by atoms with Gasteiger partial charge in [0.1, 0.15) is 0 Å². The number of amides is 1. The van der Waals surface area contributed by atoms with Gasteiger partial charge in [0.25, 0.3) is 5.91 Å². The highest BCUT2D eigenvalue weighted by Gasteiger charge is 2.14. The first-order chi connectivity index (χ1) is 14.7. The molecule has 9 nitrogen and oxygen atoms in total. The average Bonchev–Trinajstić information content (AvgIpc) is 2.74. The number of hydrogen-bond donors (Lipinski definition) is 3. The van der Waals surface area contributed by atoms with Crippen LogP contribution < -0.4 is 14.9 Å². The van der Waals surface area contributed by atoms with Crippen molar-refractivity contribution in [3.63, 3.8) is 0 Å². The number of carboxylic acids is 1. The van der Waals surface area contributed by atoms with E-state index in [1.54, 1.807) is 13.0 Å². The summed E-state index contributed by atoms with van der Waals surface area (Å²) in [6.45, 7) is 1.20. The van der Waals surface area contributed by atoms with Crippen molar-refractivity contribution in [2.24, 2.45) is 5.10 Å². The van der Waals surface area contributed by atoms with Gasteiger partial charge in [-0.2, -0.15) is 5.10 Å². The predicted molar refractivity (Wildman–Crippen MR) is 111 cm³/mol. The summed E-state index contributed by atoms with van der Waals surface area (Å²) < 4.78 is 45.3. The second-order valence-electron chi connectivity index (χ2n) is 6.37. The molecule has 1 amide bonds. The zero-order valence-corrected chi connectivity index (χ0v) is 17.5. The van der Waals surface area contributed by atoms with Gasteiger partial charge in [-0.3, -0.25) is 9.59 Å². The number of halogens is 1. The van der Waals surface area contributed by atoms with Gasteiger partial charge in [0, 0.05) is 13.0 Å². The fourth-order valence-corrected chi connectivity index (χ4v) is 3.43. The number of sulfonamides is 1. The molecule has 0 aliphatic rings. The number of nitrogens with one attached hydrogen (secondary N) is 2. The summed E-state index contributed by atoms with van der Waals surface area (Å²) in [4.78, 5) is 22.3. The molecular weight excluding hydrogens is 429 g/mol. The maximum absolute atomic E-state index is 13.5.